The Hall–Kier alpha value is -1.55. The topological polar surface area (TPSA) is 41.6 Å². The molecule has 0 unspecified atom stereocenters. The Labute approximate surface area is 127 Å². The summed E-state index contributed by atoms with van der Waals surface area (Å²) in [6.45, 7) is 11.2. The number of morpholine rings is 1. The number of carbonyl (C=O) groups is 1. The van der Waals surface area contributed by atoms with Crippen LogP contribution in [0.15, 0.2) is 18.2 Å². The van der Waals surface area contributed by atoms with Gasteiger partial charge in [-0.3, -0.25) is 0 Å². The van der Waals surface area contributed by atoms with Gasteiger partial charge < -0.3 is 15.0 Å². The molecule has 0 saturated carbocycles. The van der Waals surface area contributed by atoms with Crippen LogP contribution >= 0.6 is 0 Å². The first kappa shape index (κ1) is 15.8. The minimum Gasteiger partial charge on any atom is -0.378 e. The summed E-state index contributed by atoms with van der Waals surface area (Å²) in [5.41, 5.74) is 3.38. The molecule has 0 radical (unpaired) electrons. The fraction of sp³-hybridized carbons (Fsp3) is 0.588. The van der Waals surface area contributed by atoms with Gasteiger partial charge in [0.1, 0.15) is 0 Å². The van der Waals surface area contributed by atoms with Crippen molar-refractivity contribution < 1.29 is 9.53 Å². The van der Waals surface area contributed by atoms with Crippen molar-refractivity contribution in [3.8, 4) is 0 Å². The summed E-state index contributed by atoms with van der Waals surface area (Å²) in [7, 11) is 0. The Morgan fingerprint density at radius 3 is 2.10 bits per heavy atom. The van der Waals surface area contributed by atoms with Crippen LogP contribution in [0, 0.1) is 0 Å². The summed E-state index contributed by atoms with van der Waals surface area (Å²) < 4.78 is 5.30. The molecule has 1 aliphatic rings. The highest BCUT2D eigenvalue weighted by Crippen LogP contribution is 2.32. The lowest BCUT2D eigenvalue weighted by Gasteiger charge is -2.28. The molecule has 2 amide bonds. The van der Waals surface area contributed by atoms with Gasteiger partial charge in [0.25, 0.3) is 0 Å². The zero-order valence-corrected chi connectivity index (χ0v) is 13.5. The number of amides is 2. The highest BCUT2D eigenvalue weighted by Gasteiger charge is 2.20. The van der Waals surface area contributed by atoms with E-state index in [0.29, 0.717) is 38.1 Å². The van der Waals surface area contributed by atoms with Gasteiger partial charge in [0, 0.05) is 18.8 Å². The Morgan fingerprint density at radius 1 is 1.10 bits per heavy atom. The molecule has 0 aromatic heterocycles. The van der Waals surface area contributed by atoms with E-state index in [1.54, 1.807) is 0 Å². The molecule has 1 heterocycles. The predicted molar refractivity (Wildman–Crippen MR) is 86.0 cm³/mol. The molecule has 2 rings (SSSR count). The number of rotatable bonds is 3. The summed E-state index contributed by atoms with van der Waals surface area (Å²) in [5, 5.41) is 3.14. The number of urea groups is 1. The van der Waals surface area contributed by atoms with Gasteiger partial charge in [-0.1, -0.05) is 45.9 Å². The van der Waals surface area contributed by atoms with Crippen LogP contribution in [0.4, 0.5) is 10.5 Å². The van der Waals surface area contributed by atoms with Crippen LogP contribution in [0.5, 0.6) is 0 Å². The Kier molecular flexibility index (Phi) is 5.23. The van der Waals surface area contributed by atoms with E-state index in [9.17, 15) is 4.79 Å². The second kappa shape index (κ2) is 6.94. The lowest BCUT2D eigenvalue weighted by molar-refractivity contribution is 0.0564. The number of ether oxygens (including phenoxy) is 1. The predicted octanol–water partition coefficient (Wildman–Crippen LogP) is 3.80. The van der Waals surface area contributed by atoms with Gasteiger partial charge in [0.05, 0.1) is 13.2 Å². The second-order valence-corrected chi connectivity index (χ2v) is 6.15. The van der Waals surface area contributed by atoms with Crippen molar-refractivity contribution in [2.45, 2.75) is 39.5 Å². The average Bonchev–Trinajstić information content (AvgIpc) is 2.47. The largest absolute Gasteiger partial charge is 0.378 e. The van der Waals surface area contributed by atoms with E-state index in [1.165, 1.54) is 11.1 Å². The van der Waals surface area contributed by atoms with Crippen LogP contribution in [-0.4, -0.2) is 37.2 Å². The number of anilines is 1. The van der Waals surface area contributed by atoms with Gasteiger partial charge in [-0.05, 0) is 23.0 Å². The quantitative estimate of drug-likeness (QED) is 0.920. The molecule has 1 aromatic carbocycles. The van der Waals surface area contributed by atoms with Gasteiger partial charge in [0.15, 0.2) is 0 Å². The maximum absolute atomic E-state index is 12.5. The molecule has 1 aliphatic heterocycles. The maximum atomic E-state index is 12.5. The van der Waals surface area contributed by atoms with Gasteiger partial charge in [0.2, 0.25) is 0 Å². The van der Waals surface area contributed by atoms with E-state index in [2.05, 4.69) is 51.2 Å². The Bertz CT molecular complexity index is 465. The van der Waals surface area contributed by atoms with Crippen molar-refractivity contribution in [2.75, 3.05) is 31.6 Å². The number of hydrogen-bond donors (Lipinski definition) is 1. The molecule has 0 spiro atoms. The second-order valence-electron chi connectivity index (χ2n) is 6.15. The first-order chi connectivity index (χ1) is 10.0. The number of carbonyl (C=O) groups excluding carboxylic acids is 1. The van der Waals surface area contributed by atoms with Gasteiger partial charge in [-0.15, -0.1) is 0 Å². The van der Waals surface area contributed by atoms with Crippen molar-refractivity contribution in [3.63, 3.8) is 0 Å². The third kappa shape index (κ3) is 3.76. The van der Waals surface area contributed by atoms with E-state index in [1.807, 2.05) is 4.90 Å². The highest BCUT2D eigenvalue weighted by molar-refractivity contribution is 5.91. The smallest absolute Gasteiger partial charge is 0.322 e. The zero-order valence-electron chi connectivity index (χ0n) is 13.5. The molecule has 4 nitrogen and oxygen atoms in total. The van der Waals surface area contributed by atoms with Crippen LogP contribution in [0.2, 0.25) is 0 Å². The molecule has 116 valence electrons. The molecule has 1 aromatic rings. The zero-order chi connectivity index (χ0) is 15.4. The Balaban J connectivity index is 2.26. The monoisotopic (exact) mass is 290 g/mol. The summed E-state index contributed by atoms with van der Waals surface area (Å²) in [4.78, 5) is 14.3. The molecule has 0 atom stereocenters. The van der Waals surface area contributed by atoms with Crippen molar-refractivity contribution in [3.05, 3.63) is 29.3 Å². The van der Waals surface area contributed by atoms with Crippen LogP contribution in [0.3, 0.4) is 0 Å². The summed E-state index contributed by atoms with van der Waals surface area (Å²) in [6, 6.07) is 6.26. The molecule has 1 fully saturated rings. The molecule has 21 heavy (non-hydrogen) atoms. The van der Waals surface area contributed by atoms with Crippen LogP contribution in [-0.2, 0) is 4.74 Å². The number of hydrogen-bond acceptors (Lipinski definition) is 2. The van der Waals surface area contributed by atoms with Crippen LogP contribution in [0.25, 0.3) is 0 Å². The van der Waals surface area contributed by atoms with Crippen molar-refractivity contribution >= 4 is 11.7 Å². The van der Waals surface area contributed by atoms with Crippen LogP contribution < -0.4 is 5.32 Å². The molecular formula is C17H26N2O2. The van der Waals surface area contributed by atoms with Crippen molar-refractivity contribution in [2.24, 2.45) is 0 Å². The van der Waals surface area contributed by atoms with E-state index >= 15 is 0 Å². The summed E-state index contributed by atoms with van der Waals surface area (Å²) in [6.07, 6.45) is 0. The van der Waals surface area contributed by atoms with Crippen LogP contribution in [0.1, 0.15) is 50.7 Å². The molecular weight excluding hydrogens is 264 g/mol. The van der Waals surface area contributed by atoms with Gasteiger partial charge >= 0.3 is 6.03 Å². The normalized spacial score (nSPS) is 15.6. The third-order valence-corrected chi connectivity index (χ3v) is 3.90. The molecule has 0 bridgehead atoms. The fourth-order valence-electron chi connectivity index (χ4n) is 2.65. The van der Waals surface area contributed by atoms with E-state index < -0.39 is 0 Å². The van der Waals surface area contributed by atoms with E-state index in [-0.39, 0.29) is 6.03 Å². The summed E-state index contributed by atoms with van der Waals surface area (Å²) >= 11 is 0. The van der Waals surface area contributed by atoms with Crippen molar-refractivity contribution in [1.29, 1.82) is 0 Å². The van der Waals surface area contributed by atoms with Crippen molar-refractivity contribution in [1.82, 2.24) is 4.90 Å². The van der Waals surface area contributed by atoms with E-state index in [4.69, 9.17) is 4.74 Å². The molecule has 1 N–H and O–H groups in total. The number of para-hydroxylation sites is 1. The van der Waals surface area contributed by atoms with E-state index in [0.717, 1.165) is 5.69 Å². The van der Waals surface area contributed by atoms with Gasteiger partial charge in [-0.25, -0.2) is 4.79 Å². The first-order valence-electron chi connectivity index (χ1n) is 7.77. The lowest BCUT2D eigenvalue weighted by Crippen LogP contribution is -2.43. The molecule has 0 aliphatic carbocycles. The maximum Gasteiger partial charge on any atom is 0.322 e. The fourth-order valence-corrected chi connectivity index (χ4v) is 2.65. The minimum absolute atomic E-state index is 0.0201. The first-order valence-corrected chi connectivity index (χ1v) is 7.77. The SMILES string of the molecule is CC(C)c1cccc(C(C)C)c1NC(=O)N1CCOCC1. The minimum atomic E-state index is -0.0201. The third-order valence-electron chi connectivity index (χ3n) is 3.90. The average molecular weight is 290 g/mol. The standard InChI is InChI=1S/C17H26N2O2/c1-12(2)14-6-5-7-15(13(3)4)16(14)18-17(20)19-8-10-21-11-9-19/h5-7,12-13H,8-11H2,1-4H3,(H,18,20). The highest BCUT2D eigenvalue weighted by atomic mass is 16.5. The van der Waals surface area contributed by atoms with Gasteiger partial charge in [-0.2, -0.15) is 0 Å². The Morgan fingerprint density at radius 2 is 1.62 bits per heavy atom. The molecule has 1 saturated heterocycles. The summed E-state index contributed by atoms with van der Waals surface area (Å²) in [5.74, 6) is 0.757. The number of benzene rings is 1. The lowest BCUT2D eigenvalue weighted by atomic mass is 9.93. The number of nitrogens with zero attached hydrogens (tertiary/aromatic N) is 1. The molecule has 4 heteroatoms. The number of nitrogens with one attached hydrogen (secondary N) is 1.